The Labute approximate surface area is 137 Å². The summed E-state index contributed by atoms with van der Waals surface area (Å²) in [7, 11) is 2.16. The van der Waals surface area contributed by atoms with E-state index in [1.807, 2.05) is 18.2 Å². The fraction of sp³-hybridized carbons (Fsp3) is 0.389. The maximum Gasteiger partial charge on any atom is 0.0992 e. The van der Waals surface area contributed by atoms with E-state index in [9.17, 15) is 0 Å². The number of piperidine rings is 1. The first-order valence-corrected chi connectivity index (χ1v) is 8.03. The van der Waals surface area contributed by atoms with E-state index >= 15 is 0 Å². The fourth-order valence-electron chi connectivity index (χ4n) is 3.14. The van der Waals surface area contributed by atoms with Crippen molar-refractivity contribution in [3.63, 3.8) is 0 Å². The summed E-state index contributed by atoms with van der Waals surface area (Å²) in [6.07, 6.45) is 2.42. The normalized spacial score (nSPS) is 18.5. The Balaban J connectivity index is 1.55. The van der Waals surface area contributed by atoms with Crippen LogP contribution in [0.15, 0.2) is 36.7 Å². The van der Waals surface area contributed by atoms with Gasteiger partial charge in [0.05, 0.1) is 24.0 Å². The van der Waals surface area contributed by atoms with E-state index in [1.54, 1.807) is 0 Å². The third-order valence-corrected chi connectivity index (χ3v) is 4.30. The van der Waals surface area contributed by atoms with Crippen LogP contribution in [0.2, 0.25) is 0 Å². The zero-order valence-electron chi connectivity index (χ0n) is 13.5. The lowest BCUT2D eigenvalue weighted by Crippen LogP contribution is -2.45. The van der Waals surface area contributed by atoms with E-state index in [1.165, 1.54) is 19.4 Å². The minimum atomic E-state index is 0.467. The predicted molar refractivity (Wildman–Crippen MR) is 92.6 cm³/mol. The molecule has 1 fully saturated rings. The summed E-state index contributed by atoms with van der Waals surface area (Å²) in [5.41, 5.74) is 2.75. The third-order valence-electron chi connectivity index (χ3n) is 4.30. The molecule has 2 heterocycles. The van der Waals surface area contributed by atoms with Gasteiger partial charge in [0.2, 0.25) is 0 Å². The first kappa shape index (κ1) is 15.4. The zero-order chi connectivity index (χ0) is 16.2. The molecule has 1 aromatic carbocycles. The quantitative estimate of drug-likeness (QED) is 0.793. The van der Waals surface area contributed by atoms with Crippen LogP contribution in [0.5, 0.6) is 0 Å². The van der Waals surface area contributed by atoms with Crippen LogP contribution in [-0.4, -0.2) is 36.1 Å². The van der Waals surface area contributed by atoms with E-state index in [2.05, 4.69) is 46.3 Å². The van der Waals surface area contributed by atoms with E-state index in [0.29, 0.717) is 18.2 Å². The van der Waals surface area contributed by atoms with Crippen LogP contribution in [0, 0.1) is 11.3 Å². The minimum Gasteiger partial charge on any atom is -0.368 e. The first-order chi connectivity index (χ1) is 11.1. The fourth-order valence-corrected chi connectivity index (χ4v) is 3.14. The molecule has 0 saturated carbocycles. The summed E-state index contributed by atoms with van der Waals surface area (Å²) >= 11 is 0. The van der Waals surface area contributed by atoms with Crippen molar-refractivity contribution in [2.24, 2.45) is 0 Å². The van der Waals surface area contributed by atoms with Gasteiger partial charge < -0.3 is 20.5 Å². The van der Waals surface area contributed by atoms with Crippen LogP contribution in [0.25, 0.3) is 10.9 Å². The van der Waals surface area contributed by atoms with E-state index in [4.69, 9.17) is 5.26 Å². The number of aromatic amines is 1. The van der Waals surface area contributed by atoms with Crippen molar-refractivity contribution in [2.45, 2.75) is 25.4 Å². The van der Waals surface area contributed by atoms with Gasteiger partial charge in [0.15, 0.2) is 0 Å². The number of H-pyrrole nitrogens is 1. The average molecular weight is 309 g/mol. The average Bonchev–Trinajstić information content (AvgIpc) is 2.94. The van der Waals surface area contributed by atoms with Gasteiger partial charge in [-0.2, -0.15) is 5.26 Å². The summed E-state index contributed by atoms with van der Waals surface area (Å²) in [6, 6.07) is 10.4. The Morgan fingerprint density at radius 2 is 2.35 bits per heavy atom. The van der Waals surface area contributed by atoms with Gasteiger partial charge in [0.1, 0.15) is 0 Å². The number of rotatable bonds is 5. The summed E-state index contributed by atoms with van der Waals surface area (Å²) in [5, 5.41) is 16.9. The Morgan fingerprint density at radius 3 is 3.13 bits per heavy atom. The number of hydrogen-bond acceptors (Lipinski definition) is 4. The molecule has 1 saturated heterocycles. The van der Waals surface area contributed by atoms with E-state index < -0.39 is 0 Å². The zero-order valence-corrected chi connectivity index (χ0v) is 13.5. The Bertz CT molecular complexity index is 739. The highest BCUT2D eigenvalue weighted by molar-refractivity contribution is 5.81. The van der Waals surface area contributed by atoms with Gasteiger partial charge in [-0.05, 0) is 50.0 Å². The molecule has 0 bridgehead atoms. The van der Waals surface area contributed by atoms with Crippen molar-refractivity contribution in [1.29, 1.82) is 5.26 Å². The molecule has 1 aliphatic rings. The maximum atomic E-state index is 8.95. The SMILES string of the molecule is C=C(NCc1cc2ccc(C#N)cc2[nH]1)NC1CCCN(C)C1. The molecule has 1 aliphatic heterocycles. The summed E-state index contributed by atoms with van der Waals surface area (Å²) < 4.78 is 0. The summed E-state index contributed by atoms with van der Waals surface area (Å²) in [4.78, 5) is 5.69. The topological polar surface area (TPSA) is 66.9 Å². The lowest BCUT2D eigenvalue weighted by molar-refractivity contribution is 0.233. The first-order valence-electron chi connectivity index (χ1n) is 8.03. The van der Waals surface area contributed by atoms with E-state index in [-0.39, 0.29) is 0 Å². The minimum absolute atomic E-state index is 0.467. The highest BCUT2D eigenvalue weighted by atomic mass is 15.2. The van der Waals surface area contributed by atoms with Gasteiger partial charge in [-0.3, -0.25) is 0 Å². The molecule has 0 amide bonds. The number of nitriles is 1. The molecular weight excluding hydrogens is 286 g/mol. The largest absolute Gasteiger partial charge is 0.368 e. The predicted octanol–water partition coefficient (Wildman–Crippen LogP) is 2.28. The molecule has 0 aliphatic carbocycles. The number of nitrogens with zero attached hydrogens (tertiary/aromatic N) is 2. The van der Waals surface area contributed by atoms with Gasteiger partial charge in [-0.25, -0.2) is 0 Å². The van der Waals surface area contributed by atoms with Crippen molar-refractivity contribution in [3.05, 3.63) is 47.9 Å². The van der Waals surface area contributed by atoms with Gasteiger partial charge >= 0.3 is 0 Å². The molecule has 120 valence electrons. The molecule has 3 N–H and O–H groups in total. The number of likely N-dealkylation sites (tertiary alicyclic amines) is 1. The molecule has 0 radical (unpaired) electrons. The molecule has 1 unspecified atom stereocenters. The smallest absolute Gasteiger partial charge is 0.0992 e. The number of benzene rings is 1. The molecule has 1 aromatic heterocycles. The number of likely N-dealkylation sites (N-methyl/N-ethyl adjacent to an activating group) is 1. The van der Waals surface area contributed by atoms with Crippen LogP contribution in [0.4, 0.5) is 0 Å². The molecule has 5 heteroatoms. The number of hydrogen-bond donors (Lipinski definition) is 3. The maximum absolute atomic E-state index is 8.95. The monoisotopic (exact) mass is 309 g/mol. The van der Waals surface area contributed by atoms with Crippen LogP contribution in [0.1, 0.15) is 24.1 Å². The van der Waals surface area contributed by atoms with Gasteiger partial charge in [0, 0.05) is 23.8 Å². The lowest BCUT2D eigenvalue weighted by Gasteiger charge is -2.31. The molecule has 23 heavy (non-hydrogen) atoms. The van der Waals surface area contributed by atoms with Crippen LogP contribution < -0.4 is 10.6 Å². The molecule has 0 spiro atoms. The van der Waals surface area contributed by atoms with Crippen molar-refractivity contribution in [1.82, 2.24) is 20.5 Å². The number of fused-ring (bicyclic) bond motifs is 1. The Hall–Kier alpha value is -2.45. The van der Waals surface area contributed by atoms with Crippen molar-refractivity contribution in [3.8, 4) is 6.07 Å². The second-order valence-corrected chi connectivity index (χ2v) is 6.29. The van der Waals surface area contributed by atoms with Crippen molar-refractivity contribution < 1.29 is 0 Å². The molecule has 5 nitrogen and oxygen atoms in total. The van der Waals surface area contributed by atoms with Crippen LogP contribution in [-0.2, 0) is 6.54 Å². The van der Waals surface area contributed by atoms with Gasteiger partial charge in [-0.1, -0.05) is 12.6 Å². The van der Waals surface area contributed by atoms with Gasteiger partial charge in [-0.15, -0.1) is 0 Å². The molecule has 3 rings (SSSR count). The second kappa shape index (κ2) is 6.76. The second-order valence-electron chi connectivity index (χ2n) is 6.29. The van der Waals surface area contributed by atoms with Crippen molar-refractivity contribution >= 4 is 10.9 Å². The molecule has 2 aromatic rings. The third kappa shape index (κ3) is 3.85. The highest BCUT2D eigenvalue weighted by Gasteiger charge is 2.16. The number of nitrogens with one attached hydrogen (secondary N) is 3. The van der Waals surface area contributed by atoms with Crippen molar-refractivity contribution in [2.75, 3.05) is 20.1 Å². The lowest BCUT2D eigenvalue weighted by atomic mass is 10.1. The summed E-state index contributed by atoms with van der Waals surface area (Å²) in [5.74, 6) is 0.863. The number of aromatic nitrogens is 1. The highest BCUT2D eigenvalue weighted by Crippen LogP contribution is 2.17. The van der Waals surface area contributed by atoms with E-state index in [0.717, 1.165) is 29.0 Å². The Morgan fingerprint density at radius 1 is 1.48 bits per heavy atom. The standard InChI is InChI=1S/C18H23N5/c1-13(21-16-4-3-7-23(2)12-16)20-11-17-9-15-6-5-14(10-19)8-18(15)22-17/h5-6,8-9,16,20-22H,1,3-4,7,11-12H2,2H3. The van der Waals surface area contributed by atoms with Gasteiger partial charge in [0.25, 0.3) is 0 Å². The van der Waals surface area contributed by atoms with Crippen LogP contribution >= 0.6 is 0 Å². The molecule has 1 atom stereocenters. The Kier molecular flexibility index (Phi) is 4.54. The molecular formula is C18H23N5. The summed E-state index contributed by atoms with van der Waals surface area (Å²) in [6.45, 7) is 7.00. The van der Waals surface area contributed by atoms with Crippen LogP contribution in [0.3, 0.4) is 0 Å².